The number of aromatic nitrogens is 2. The van der Waals surface area contributed by atoms with Crippen LogP contribution >= 0.6 is 11.6 Å². The maximum absolute atomic E-state index is 13.1. The Labute approximate surface area is 177 Å². The highest BCUT2D eigenvalue weighted by molar-refractivity contribution is 6.30. The Morgan fingerprint density at radius 3 is 2.63 bits per heavy atom. The number of nitrogens with zero attached hydrogens (tertiary/aromatic N) is 2. The number of allylic oxidation sites excluding steroid dienone is 2. The molecule has 7 heteroatoms. The zero-order chi connectivity index (χ0) is 21.1. The van der Waals surface area contributed by atoms with Gasteiger partial charge in [0.1, 0.15) is 18.2 Å². The second kappa shape index (κ2) is 8.63. The predicted octanol–water partition coefficient (Wildman–Crippen LogP) is 5.64. The van der Waals surface area contributed by atoms with Crippen LogP contribution in [0.25, 0.3) is 11.1 Å². The van der Waals surface area contributed by atoms with Crippen molar-refractivity contribution in [2.45, 2.75) is 25.9 Å². The van der Waals surface area contributed by atoms with Crippen LogP contribution in [0.15, 0.2) is 54.9 Å². The average Bonchev–Trinajstić information content (AvgIpc) is 3.24. The Balaban J connectivity index is 1.70. The van der Waals surface area contributed by atoms with Gasteiger partial charge in [0.25, 0.3) is 0 Å². The Kier molecular flexibility index (Phi) is 5.77. The van der Waals surface area contributed by atoms with Crippen LogP contribution in [0.1, 0.15) is 46.6 Å². The van der Waals surface area contributed by atoms with E-state index < -0.39 is 5.97 Å². The van der Waals surface area contributed by atoms with Gasteiger partial charge in [-0.05, 0) is 66.3 Å². The number of benzene rings is 2. The number of ether oxygens (including phenoxy) is 1. The van der Waals surface area contributed by atoms with Crippen molar-refractivity contribution in [3.05, 3.63) is 88.2 Å². The van der Waals surface area contributed by atoms with Gasteiger partial charge in [0.15, 0.2) is 5.69 Å². The van der Waals surface area contributed by atoms with Crippen molar-refractivity contribution in [3.63, 3.8) is 0 Å². The van der Waals surface area contributed by atoms with Crippen molar-refractivity contribution in [3.8, 4) is 5.75 Å². The molecule has 2 aromatic carbocycles. The minimum absolute atomic E-state index is 0.0925. The van der Waals surface area contributed by atoms with E-state index >= 15 is 0 Å². The molecule has 5 nitrogen and oxygen atoms in total. The van der Waals surface area contributed by atoms with Crippen LogP contribution in [0.3, 0.4) is 0 Å². The number of halogens is 2. The summed E-state index contributed by atoms with van der Waals surface area (Å²) < 4.78 is 19.2. The lowest BCUT2D eigenvalue weighted by atomic mass is 9.99. The number of carboxylic acid groups (broad SMARTS) is 1. The SMILES string of the molecule is O=C(O)c1cncc(C2=C(c3cc(Cl)ccc3OCc3ccc(F)cc3)CCC2)n1. The summed E-state index contributed by atoms with van der Waals surface area (Å²) >= 11 is 6.26. The average molecular weight is 425 g/mol. The van der Waals surface area contributed by atoms with E-state index in [1.54, 1.807) is 24.4 Å². The summed E-state index contributed by atoms with van der Waals surface area (Å²) in [5.41, 5.74) is 4.11. The molecule has 4 rings (SSSR count). The summed E-state index contributed by atoms with van der Waals surface area (Å²) in [6, 6.07) is 11.6. The molecule has 1 aliphatic carbocycles. The molecule has 0 radical (unpaired) electrons. The van der Waals surface area contributed by atoms with Crippen molar-refractivity contribution in [2.75, 3.05) is 0 Å². The molecule has 0 unspecified atom stereocenters. The van der Waals surface area contributed by atoms with Crippen LogP contribution in [0, 0.1) is 5.82 Å². The summed E-state index contributed by atoms with van der Waals surface area (Å²) in [6.07, 6.45) is 5.28. The molecular formula is C23H18ClFN2O3. The van der Waals surface area contributed by atoms with Gasteiger partial charge in [-0.15, -0.1) is 0 Å². The number of hydrogen-bond acceptors (Lipinski definition) is 4. The van der Waals surface area contributed by atoms with Crippen molar-refractivity contribution in [1.29, 1.82) is 0 Å². The summed E-state index contributed by atoms with van der Waals surface area (Å²) in [5.74, 6) is -0.757. The zero-order valence-corrected chi connectivity index (χ0v) is 16.7. The molecule has 152 valence electrons. The molecule has 1 aromatic heterocycles. The maximum atomic E-state index is 13.1. The molecule has 0 bridgehead atoms. The predicted molar refractivity (Wildman–Crippen MR) is 112 cm³/mol. The fraction of sp³-hybridized carbons (Fsp3) is 0.174. The van der Waals surface area contributed by atoms with Gasteiger partial charge >= 0.3 is 5.97 Å². The molecule has 0 spiro atoms. The van der Waals surface area contributed by atoms with Crippen LogP contribution in [0.4, 0.5) is 4.39 Å². The van der Waals surface area contributed by atoms with Gasteiger partial charge in [0.05, 0.1) is 18.1 Å². The van der Waals surface area contributed by atoms with E-state index in [0.29, 0.717) is 16.5 Å². The highest BCUT2D eigenvalue weighted by atomic mass is 35.5. The fourth-order valence-corrected chi connectivity index (χ4v) is 3.72. The van der Waals surface area contributed by atoms with Crippen molar-refractivity contribution < 1.29 is 19.0 Å². The van der Waals surface area contributed by atoms with Crippen LogP contribution in [-0.2, 0) is 6.61 Å². The summed E-state index contributed by atoms with van der Waals surface area (Å²) in [7, 11) is 0. The molecule has 0 fully saturated rings. The number of hydrogen-bond donors (Lipinski definition) is 1. The third kappa shape index (κ3) is 4.33. The third-order valence-electron chi connectivity index (χ3n) is 4.96. The Bertz CT molecular complexity index is 1130. The maximum Gasteiger partial charge on any atom is 0.356 e. The minimum Gasteiger partial charge on any atom is -0.488 e. The van der Waals surface area contributed by atoms with Gasteiger partial charge in [-0.1, -0.05) is 23.7 Å². The number of aromatic carboxylic acids is 1. The number of carboxylic acids is 1. The first-order chi connectivity index (χ1) is 14.5. The molecule has 30 heavy (non-hydrogen) atoms. The lowest BCUT2D eigenvalue weighted by Gasteiger charge is -2.15. The van der Waals surface area contributed by atoms with Crippen molar-refractivity contribution in [1.82, 2.24) is 9.97 Å². The molecule has 0 atom stereocenters. The fourth-order valence-electron chi connectivity index (χ4n) is 3.54. The van der Waals surface area contributed by atoms with Crippen LogP contribution in [0.2, 0.25) is 5.02 Å². The van der Waals surface area contributed by atoms with E-state index in [2.05, 4.69) is 9.97 Å². The smallest absolute Gasteiger partial charge is 0.356 e. The van der Waals surface area contributed by atoms with E-state index in [-0.39, 0.29) is 18.1 Å². The first kappa shape index (κ1) is 20.0. The lowest BCUT2D eigenvalue weighted by molar-refractivity contribution is 0.0690. The van der Waals surface area contributed by atoms with Crippen LogP contribution in [0.5, 0.6) is 5.75 Å². The van der Waals surface area contributed by atoms with E-state index in [1.165, 1.54) is 18.3 Å². The standard InChI is InChI=1S/C23H18ClFN2O3/c24-15-6-9-22(30-13-14-4-7-16(25)8-5-14)19(10-15)17-2-1-3-18(17)20-11-26-12-21(27-20)23(28)29/h4-12H,1-3,13H2,(H,28,29). The van der Waals surface area contributed by atoms with Crippen LogP contribution in [-0.4, -0.2) is 21.0 Å². The first-order valence-corrected chi connectivity index (χ1v) is 9.84. The molecule has 0 saturated carbocycles. The van der Waals surface area contributed by atoms with Gasteiger partial charge in [-0.25, -0.2) is 14.2 Å². The Morgan fingerprint density at radius 1 is 1.10 bits per heavy atom. The lowest BCUT2D eigenvalue weighted by Crippen LogP contribution is -2.04. The molecule has 1 heterocycles. The van der Waals surface area contributed by atoms with E-state index in [1.807, 2.05) is 12.1 Å². The molecule has 0 aliphatic heterocycles. The molecule has 3 aromatic rings. The highest BCUT2D eigenvalue weighted by Gasteiger charge is 2.23. The Hall–Kier alpha value is -3.25. The molecular weight excluding hydrogens is 407 g/mol. The zero-order valence-electron chi connectivity index (χ0n) is 15.9. The van der Waals surface area contributed by atoms with Gasteiger partial charge in [-0.3, -0.25) is 4.98 Å². The second-order valence-corrected chi connectivity index (χ2v) is 7.40. The summed E-state index contributed by atoms with van der Waals surface area (Å²) in [5, 5.41) is 9.80. The Morgan fingerprint density at radius 2 is 1.87 bits per heavy atom. The summed E-state index contributed by atoms with van der Waals surface area (Å²) in [6.45, 7) is 0.284. The largest absolute Gasteiger partial charge is 0.488 e. The van der Waals surface area contributed by atoms with Gasteiger partial charge in [0, 0.05) is 10.6 Å². The molecule has 1 N–H and O–H groups in total. The highest BCUT2D eigenvalue weighted by Crippen LogP contribution is 2.43. The monoisotopic (exact) mass is 424 g/mol. The quantitative estimate of drug-likeness (QED) is 0.554. The summed E-state index contributed by atoms with van der Waals surface area (Å²) in [4.78, 5) is 19.6. The van der Waals surface area contributed by atoms with E-state index in [9.17, 15) is 14.3 Å². The molecule has 0 saturated heterocycles. The number of carbonyl (C=O) groups is 1. The van der Waals surface area contributed by atoms with Gasteiger partial charge < -0.3 is 9.84 Å². The molecule has 0 amide bonds. The van der Waals surface area contributed by atoms with Gasteiger partial charge in [-0.2, -0.15) is 0 Å². The van der Waals surface area contributed by atoms with Crippen molar-refractivity contribution >= 4 is 28.7 Å². The number of rotatable bonds is 6. The third-order valence-corrected chi connectivity index (χ3v) is 5.19. The molecule has 1 aliphatic rings. The van der Waals surface area contributed by atoms with E-state index in [0.717, 1.165) is 41.5 Å². The van der Waals surface area contributed by atoms with E-state index in [4.69, 9.17) is 16.3 Å². The van der Waals surface area contributed by atoms with Gasteiger partial charge in [0.2, 0.25) is 0 Å². The first-order valence-electron chi connectivity index (χ1n) is 9.46. The van der Waals surface area contributed by atoms with Crippen LogP contribution < -0.4 is 4.74 Å². The second-order valence-electron chi connectivity index (χ2n) is 6.96. The minimum atomic E-state index is -1.12. The van der Waals surface area contributed by atoms with Crippen molar-refractivity contribution in [2.24, 2.45) is 0 Å². The topological polar surface area (TPSA) is 72.3 Å². The normalized spacial score (nSPS) is 13.5.